The molecule has 3 rings (SSSR count). The number of carbonyl (C=O) groups is 2. The molecule has 1 aliphatic carbocycles. The molecule has 1 spiro atoms. The molecule has 106 valence electrons. The molecule has 1 atom stereocenters. The van der Waals surface area contributed by atoms with E-state index in [1.807, 2.05) is 19.2 Å². The van der Waals surface area contributed by atoms with Crippen LogP contribution in [0.3, 0.4) is 0 Å². The number of hydroxylamine groups is 1. The number of nitrogens with zero attached hydrogens (tertiary/aromatic N) is 1. The van der Waals surface area contributed by atoms with Crippen LogP contribution in [0.5, 0.6) is 0 Å². The Kier molecular flexibility index (Phi) is 3.01. The molecular formula is C15H18N2O3. The molecular weight excluding hydrogens is 256 g/mol. The van der Waals surface area contributed by atoms with Crippen molar-refractivity contribution in [3.05, 3.63) is 34.9 Å². The number of carbonyl (C=O) groups excluding carboxylic acids is 2. The Balaban J connectivity index is 1.85. The van der Waals surface area contributed by atoms with Crippen molar-refractivity contribution in [3.8, 4) is 0 Å². The van der Waals surface area contributed by atoms with Gasteiger partial charge in [0.15, 0.2) is 0 Å². The highest BCUT2D eigenvalue weighted by molar-refractivity contribution is 5.93. The third-order valence-corrected chi connectivity index (χ3v) is 4.63. The zero-order valence-corrected chi connectivity index (χ0v) is 11.5. The summed E-state index contributed by atoms with van der Waals surface area (Å²) in [5, 5.41) is 8.69. The highest BCUT2D eigenvalue weighted by atomic mass is 16.5. The van der Waals surface area contributed by atoms with Crippen LogP contribution in [0.25, 0.3) is 0 Å². The largest absolute Gasteiger partial charge is 0.346 e. The second-order valence-electron chi connectivity index (χ2n) is 6.02. The lowest BCUT2D eigenvalue weighted by Gasteiger charge is -2.37. The molecule has 1 heterocycles. The van der Waals surface area contributed by atoms with Crippen LogP contribution in [0.4, 0.5) is 0 Å². The monoisotopic (exact) mass is 274 g/mol. The first kappa shape index (κ1) is 13.1. The van der Waals surface area contributed by atoms with Crippen LogP contribution in [0.2, 0.25) is 0 Å². The number of hydrogen-bond acceptors (Lipinski definition) is 3. The molecule has 1 unspecified atom stereocenters. The first-order valence-corrected chi connectivity index (χ1v) is 6.83. The van der Waals surface area contributed by atoms with Gasteiger partial charge in [-0.3, -0.25) is 14.8 Å². The third kappa shape index (κ3) is 2.08. The molecule has 1 aliphatic heterocycles. The minimum absolute atomic E-state index is 0.0280. The normalized spacial score (nSPS) is 24.9. The molecule has 5 nitrogen and oxygen atoms in total. The SMILES string of the molecule is CN1CCC2(CC1=O)Cc1ccc(C(=O)NO)cc1C2. The maximum absolute atomic E-state index is 12.0. The van der Waals surface area contributed by atoms with Gasteiger partial charge in [-0.1, -0.05) is 6.07 Å². The van der Waals surface area contributed by atoms with Gasteiger partial charge in [-0.25, -0.2) is 5.48 Å². The second-order valence-corrected chi connectivity index (χ2v) is 6.02. The standard InChI is InChI=1S/C15H18N2O3/c1-17-5-4-15(9-13(17)18)7-11-3-2-10(14(19)16-20)6-12(11)8-15/h2-3,6,20H,4-5,7-9H2,1H3,(H,16,19). The molecule has 2 amide bonds. The fraction of sp³-hybridized carbons (Fsp3) is 0.467. The summed E-state index contributed by atoms with van der Waals surface area (Å²) in [5.41, 5.74) is 4.49. The molecule has 1 aromatic carbocycles. The molecule has 1 fully saturated rings. The maximum Gasteiger partial charge on any atom is 0.274 e. The smallest absolute Gasteiger partial charge is 0.274 e. The number of benzene rings is 1. The lowest BCUT2D eigenvalue weighted by Crippen LogP contribution is -2.42. The van der Waals surface area contributed by atoms with Crippen molar-refractivity contribution in [1.29, 1.82) is 0 Å². The van der Waals surface area contributed by atoms with Gasteiger partial charge in [-0.15, -0.1) is 0 Å². The molecule has 20 heavy (non-hydrogen) atoms. The zero-order valence-electron chi connectivity index (χ0n) is 11.5. The number of amides is 2. The van der Waals surface area contributed by atoms with E-state index in [2.05, 4.69) is 0 Å². The Morgan fingerprint density at radius 1 is 1.30 bits per heavy atom. The highest BCUT2D eigenvalue weighted by Crippen LogP contribution is 2.44. The van der Waals surface area contributed by atoms with Crippen LogP contribution in [-0.2, 0) is 17.6 Å². The van der Waals surface area contributed by atoms with Crippen LogP contribution in [0, 0.1) is 5.41 Å². The second kappa shape index (κ2) is 4.59. The van der Waals surface area contributed by atoms with Crippen molar-refractivity contribution in [3.63, 3.8) is 0 Å². The quantitative estimate of drug-likeness (QED) is 0.596. The van der Waals surface area contributed by atoms with Gasteiger partial charge in [-0.05, 0) is 47.9 Å². The van der Waals surface area contributed by atoms with Crippen LogP contribution in [0.1, 0.15) is 34.3 Å². The predicted molar refractivity (Wildman–Crippen MR) is 72.4 cm³/mol. The van der Waals surface area contributed by atoms with Crippen LogP contribution in [-0.4, -0.2) is 35.5 Å². The topological polar surface area (TPSA) is 69.6 Å². The maximum atomic E-state index is 12.0. The first-order chi connectivity index (χ1) is 9.53. The van der Waals surface area contributed by atoms with Crippen LogP contribution < -0.4 is 5.48 Å². The molecule has 0 aromatic heterocycles. The van der Waals surface area contributed by atoms with E-state index in [0.29, 0.717) is 12.0 Å². The van der Waals surface area contributed by atoms with Crippen LogP contribution in [0.15, 0.2) is 18.2 Å². The average molecular weight is 274 g/mol. The lowest BCUT2D eigenvalue weighted by molar-refractivity contribution is -0.136. The van der Waals surface area contributed by atoms with Crippen molar-refractivity contribution in [1.82, 2.24) is 10.4 Å². The summed E-state index contributed by atoms with van der Waals surface area (Å²) in [6.07, 6.45) is 3.34. The Morgan fingerprint density at radius 3 is 2.75 bits per heavy atom. The molecule has 0 bridgehead atoms. The van der Waals surface area contributed by atoms with Crippen LogP contribution >= 0.6 is 0 Å². The van der Waals surface area contributed by atoms with Gasteiger partial charge >= 0.3 is 0 Å². The van der Waals surface area contributed by atoms with Crippen molar-refractivity contribution in [2.24, 2.45) is 5.41 Å². The van der Waals surface area contributed by atoms with E-state index in [-0.39, 0.29) is 11.3 Å². The van der Waals surface area contributed by atoms with E-state index in [4.69, 9.17) is 5.21 Å². The highest BCUT2D eigenvalue weighted by Gasteiger charge is 2.42. The Morgan fingerprint density at radius 2 is 2.05 bits per heavy atom. The number of hydrogen-bond donors (Lipinski definition) is 2. The summed E-state index contributed by atoms with van der Waals surface area (Å²) in [5.74, 6) is -0.286. The summed E-state index contributed by atoms with van der Waals surface area (Å²) in [6, 6.07) is 5.50. The van der Waals surface area contributed by atoms with Crippen molar-refractivity contribution in [2.45, 2.75) is 25.7 Å². The first-order valence-electron chi connectivity index (χ1n) is 6.83. The minimum atomic E-state index is -0.492. The number of piperidine rings is 1. The van der Waals surface area contributed by atoms with E-state index >= 15 is 0 Å². The summed E-state index contributed by atoms with van der Waals surface area (Å²) < 4.78 is 0. The Labute approximate surface area is 117 Å². The van der Waals surface area contributed by atoms with Gasteiger partial charge in [0.2, 0.25) is 5.91 Å². The van der Waals surface area contributed by atoms with E-state index < -0.39 is 5.91 Å². The van der Waals surface area contributed by atoms with E-state index in [0.717, 1.165) is 31.4 Å². The molecule has 1 saturated heterocycles. The van der Waals surface area contributed by atoms with Gasteiger partial charge in [0.1, 0.15) is 0 Å². The number of rotatable bonds is 1. The zero-order chi connectivity index (χ0) is 14.3. The van der Waals surface area contributed by atoms with Gasteiger partial charge in [0.05, 0.1) is 0 Å². The molecule has 5 heteroatoms. The fourth-order valence-electron chi connectivity index (χ4n) is 3.41. The summed E-state index contributed by atoms with van der Waals surface area (Å²) in [7, 11) is 1.85. The molecule has 2 N–H and O–H groups in total. The van der Waals surface area contributed by atoms with E-state index in [9.17, 15) is 9.59 Å². The molecule has 2 aliphatic rings. The Hall–Kier alpha value is -1.88. The summed E-state index contributed by atoms with van der Waals surface area (Å²) in [6.45, 7) is 0.802. The Bertz CT molecular complexity index is 584. The number of likely N-dealkylation sites (tertiary alicyclic amines) is 1. The van der Waals surface area contributed by atoms with Gasteiger partial charge in [0, 0.05) is 25.6 Å². The van der Waals surface area contributed by atoms with E-state index in [1.165, 1.54) is 5.56 Å². The summed E-state index contributed by atoms with van der Waals surface area (Å²) >= 11 is 0. The molecule has 0 saturated carbocycles. The number of nitrogens with one attached hydrogen (secondary N) is 1. The van der Waals surface area contributed by atoms with Crippen molar-refractivity contribution >= 4 is 11.8 Å². The average Bonchev–Trinajstić information content (AvgIpc) is 2.79. The van der Waals surface area contributed by atoms with Crippen molar-refractivity contribution < 1.29 is 14.8 Å². The van der Waals surface area contributed by atoms with Gasteiger partial charge < -0.3 is 4.90 Å². The van der Waals surface area contributed by atoms with Crippen molar-refractivity contribution in [2.75, 3.05) is 13.6 Å². The van der Waals surface area contributed by atoms with Gasteiger partial charge in [0.25, 0.3) is 5.91 Å². The van der Waals surface area contributed by atoms with Gasteiger partial charge in [-0.2, -0.15) is 0 Å². The fourth-order valence-corrected chi connectivity index (χ4v) is 3.41. The summed E-state index contributed by atoms with van der Waals surface area (Å²) in [4.78, 5) is 25.2. The predicted octanol–water partition coefficient (Wildman–Crippen LogP) is 1.14. The molecule has 1 aromatic rings. The minimum Gasteiger partial charge on any atom is -0.346 e. The van der Waals surface area contributed by atoms with E-state index in [1.54, 1.807) is 16.4 Å². The molecule has 0 radical (unpaired) electrons. The number of fused-ring (bicyclic) bond motifs is 1. The third-order valence-electron chi connectivity index (χ3n) is 4.63. The lowest BCUT2D eigenvalue weighted by atomic mass is 9.76.